The largest absolute Gasteiger partial charge is 0.340 e. The lowest BCUT2D eigenvalue weighted by Gasteiger charge is -2.21. The highest BCUT2D eigenvalue weighted by atomic mass is 16.1. The molecule has 1 aliphatic rings. The third-order valence-corrected chi connectivity index (χ3v) is 2.49. The standard InChI is InChI=1S/C8H14N4O/c13-8-10-7(11-12-8)5-6-1-3-9-4-2-6/h6,9H,1-5H2,(H2,10,11,12,13). The van der Waals surface area contributed by atoms with Crippen LogP contribution in [0, 0.1) is 5.92 Å². The van der Waals surface area contributed by atoms with Gasteiger partial charge in [0.25, 0.3) is 0 Å². The Balaban J connectivity index is 1.93. The third-order valence-electron chi connectivity index (χ3n) is 2.49. The topological polar surface area (TPSA) is 73.6 Å². The highest BCUT2D eigenvalue weighted by molar-refractivity contribution is 4.85. The van der Waals surface area contributed by atoms with Crippen molar-refractivity contribution in [2.45, 2.75) is 19.3 Å². The van der Waals surface area contributed by atoms with E-state index in [9.17, 15) is 4.79 Å². The summed E-state index contributed by atoms with van der Waals surface area (Å²) >= 11 is 0. The molecule has 0 spiro atoms. The Labute approximate surface area is 75.9 Å². The Hall–Kier alpha value is -1.10. The summed E-state index contributed by atoms with van der Waals surface area (Å²) in [6.45, 7) is 2.17. The van der Waals surface area contributed by atoms with Gasteiger partial charge in [-0.2, -0.15) is 5.10 Å². The lowest BCUT2D eigenvalue weighted by Crippen LogP contribution is -2.28. The number of H-pyrrole nitrogens is 2. The molecule has 1 fully saturated rings. The van der Waals surface area contributed by atoms with E-state index in [1.54, 1.807) is 0 Å². The Kier molecular flexibility index (Phi) is 2.44. The molecule has 0 bridgehead atoms. The van der Waals surface area contributed by atoms with E-state index in [0.717, 1.165) is 25.3 Å². The summed E-state index contributed by atoms with van der Waals surface area (Å²) in [7, 11) is 0. The lowest BCUT2D eigenvalue weighted by molar-refractivity contribution is 0.367. The molecular weight excluding hydrogens is 168 g/mol. The van der Waals surface area contributed by atoms with Gasteiger partial charge in [0.2, 0.25) is 0 Å². The van der Waals surface area contributed by atoms with Crippen LogP contribution >= 0.6 is 0 Å². The number of aromatic nitrogens is 3. The number of nitrogens with zero attached hydrogens (tertiary/aromatic N) is 1. The van der Waals surface area contributed by atoms with Crippen molar-refractivity contribution in [3.8, 4) is 0 Å². The molecule has 5 nitrogen and oxygen atoms in total. The maximum Gasteiger partial charge on any atom is 0.340 e. The highest BCUT2D eigenvalue weighted by Gasteiger charge is 2.14. The summed E-state index contributed by atoms with van der Waals surface area (Å²) in [5.74, 6) is 1.46. The second kappa shape index (κ2) is 3.74. The van der Waals surface area contributed by atoms with Crippen molar-refractivity contribution in [2.75, 3.05) is 13.1 Å². The van der Waals surface area contributed by atoms with Crippen molar-refractivity contribution in [1.29, 1.82) is 0 Å². The molecule has 0 aromatic carbocycles. The molecule has 13 heavy (non-hydrogen) atoms. The molecule has 1 aromatic heterocycles. The molecule has 2 heterocycles. The van der Waals surface area contributed by atoms with Crippen LogP contribution in [0.25, 0.3) is 0 Å². The molecule has 2 rings (SSSR count). The van der Waals surface area contributed by atoms with E-state index in [-0.39, 0.29) is 5.69 Å². The maximum atomic E-state index is 10.7. The van der Waals surface area contributed by atoms with Gasteiger partial charge < -0.3 is 5.32 Å². The van der Waals surface area contributed by atoms with Gasteiger partial charge in [0.1, 0.15) is 5.82 Å². The molecule has 0 radical (unpaired) electrons. The Morgan fingerprint density at radius 2 is 2.15 bits per heavy atom. The number of piperidine rings is 1. The van der Waals surface area contributed by atoms with Crippen molar-refractivity contribution >= 4 is 0 Å². The van der Waals surface area contributed by atoms with Gasteiger partial charge in [-0.15, -0.1) is 0 Å². The van der Waals surface area contributed by atoms with Crippen LogP contribution in [0.2, 0.25) is 0 Å². The van der Waals surface area contributed by atoms with Crippen molar-refractivity contribution in [3.05, 3.63) is 16.3 Å². The molecule has 1 aliphatic heterocycles. The first-order valence-corrected chi connectivity index (χ1v) is 4.69. The number of nitrogens with one attached hydrogen (secondary N) is 3. The molecule has 1 saturated heterocycles. The SMILES string of the molecule is O=c1[nH]nc(CC2CCNCC2)[nH]1. The smallest absolute Gasteiger partial charge is 0.317 e. The summed E-state index contributed by atoms with van der Waals surface area (Å²) in [5, 5.41) is 9.58. The zero-order valence-electron chi connectivity index (χ0n) is 7.47. The fourth-order valence-electron chi connectivity index (χ4n) is 1.76. The minimum Gasteiger partial charge on any atom is -0.317 e. The van der Waals surface area contributed by atoms with Crippen molar-refractivity contribution in [1.82, 2.24) is 20.5 Å². The van der Waals surface area contributed by atoms with Crippen LogP contribution in [0.15, 0.2) is 4.79 Å². The van der Waals surface area contributed by atoms with Crippen LogP contribution in [0.5, 0.6) is 0 Å². The number of hydrogen-bond acceptors (Lipinski definition) is 3. The second-order valence-corrected chi connectivity index (χ2v) is 3.52. The first-order valence-electron chi connectivity index (χ1n) is 4.69. The zero-order valence-corrected chi connectivity index (χ0v) is 7.47. The first-order chi connectivity index (χ1) is 6.34. The van der Waals surface area contributed by atoms with Crippen LogP contribution in [0.1, 0.15) is 18.7 Å². The van der Waals surface area contributed by atoms with E-state index in [0.29, 0.717) is 5.92 Å². The van der Waals surface area contributed by atoms with Crippen LogP contribution < -0.4 is 11.0 Å². The van der Waals surface area contributed by atoms with Gasteiger partial charge in [-0.05, 0) is 31.8 Å². The minimum absolute atomic E-state index is 0.205. The molecule has 1 aromatic rings. The summed E-state index contributed by atoms with van der Waals surface area (Å²) in [6.07, 6.45) is 3.24. The molecule has 0 aliphatic carbocycles. The normalized spacial score (nSPS) is 19.1. The minimum atomic E-state index is -0.205. The Morgan fingerprint density at radius 1 is 1.38 bits per heavy atom. The molecule has 5 heteroatoms. The van der Waals surface area contributed by atoms with Crippen LogP contribution in [-0.4, -0.2) is 28.3 Å². The number of aromatic amines is 2. The number of rotatable bonds is 2. The average Bonchev–Trinajstić information content (AvgIpc) is 2.53. The van der Waals surface area contributed by atoms with Crippen LogP contribution in [-0.2, 0) is 6.42 Å². The first kappa shape index (κ1) is 8.50. The Bertz CT molecular complexity index is 310. The van der Waals surface area contributed by atoms with E-state index >= 15 is 0 Å². The molecule has 0 atom stereocenters. The fraction of sp³-hybridized carbons (Fsp3) is 0.750. The van der Waals surface area contributed by atoms with Gasteiger partial charge in [0.05, 0.1) is 0 Å². The van der Waals surface area contributed by atoms with Gasteiger partial charge >= 0.3 is 5.69 Å². The average molecular weight is 182 g/mol. The van der Waals surface area contributed by atoms with E-state index in [2.05, 4.69) is 20.5 Å². The predicted octanol–water partition coefficient (Wildman–Crippen LogP) is -0.360. The van der Waals surface area contributed by atoms with E-state index in [1.165, 1.54) is 12.8 Å². The Morgan fingerprint density at radius 3 is 2.77 bits per heavy atom. The molecule has 0 unspecified atom stereocenters. The molecular formula is C8H14N4O. The van der Waals surface area contributed by atoms with Gasteiger partial charge in [-0.1, -0.05) is 0 Å². The van der Waals surface area contributed by atoms with Gasteiger partial charge in [0, 0.05) is 6.42 Å². The van der Waals surface area contributed by atoms with Crippen LogP contribution in [0.3, 0.4) is 0 Å². The lowest BCUT2D eigenvalue weighted by atomic mass is 9.94. The summed E-state index contributed by atoms with van der Waals surface area (Å²) in [4.78, 5) is 13.4. The summed E-state index contributed by atoms with van der Waals surface area (Å²) < 4.78 is 0. The molecule has 72 valence electrons. The van der Waals surface area contributed by atoms with Gasteiger partial charge in [0.15, 0.2) is 0 Å². The van der Waals surface area contributed by atoms with Crippen molar-refractivity contribution < 1.29 is 0 Å². The quantitative estimate of drug-likeness (QED) is 0.584. The molecule has 0 amide bonds. The van der Waals surface area contributed by atoms with Gasteiger partial charge in [-0.25, -0.2) is 9.89 Å². The highest BCUT2D eigenvalue weighted by Crippen LogP contribution is 2.14. The third kappa shape index (κ3) is 2.18. The molecule has 3 N–H and O–H groups in total. The van der Waals surface area contributed by atoms with E-state index in [1.807, 2.05) is 0 Å². The summed E-state index contributed by atoms with van der Waals surface area (Å²) in [5.41, 5.74) is -0.205. The maximum absolute atomic E-state index is 10.7. The second-order valence-electron chi connectivity index (χ2n) is 3.52. The summed E-state index contributed by atoms with van der Waals surface area (Å²) in [6, 6.07) is 0. The van der Waals surface area contributed by atoms with Crippen molar-refractivity contribution in [2.24, 2.45) is 5.92 Å². The van der Waals surface area contributed by atoms with Crippen LogP contribution in [0.4, 0.5) is 0 Å². The fourth-order valence-corrected chi connectivity index (χ4v) is 1.76. The van der Waals surface area contributed by atoms with Crippen molar-refractivity contribution in [3.63, 3.8) is 0 Å². The van der Waals surface area contributed by atoms with E-state index in [4.69, 9.17) is 0 Å². The number of hydrogen-bond donors (Lipinski definition) is 3. The monoisotopic (exact) mass is 182 g/mol. The zero-order chi connectivity index (χ0) is 9.10. The molecule has 0 saturated carbocycles. The predicted molar refractivity (Wildman–Crippen MR) is 48.5 cm³/mol. The van der Waals surface area contributed by atoms with Gasteiger partial charge in [-0.3, -0.25) is 4.98 Å². The van der Waals surface area contributed by atoms with E-state index < -0.39 is 0 Å².